The molecule has 0 bridgehead atoms. The maximum atomic E-state index is 11.8. The van der Waals surface area contributed by atoms with E-state index in [0.717, 1.165) is 22.3 Å². The molecule has 3 aromatic carbocycles. The highest BCUT2D eigenvalue weighted by atomic mass is 31.2. The molecule has 3 aromatic rings. The smallest absolute Gasteiger partial charge is 0.321 e. The first-order valence-electron chi connectivity index (χ1n) is 7.29. The van der Waals surface area contributed by atoms with Crippen LogP contribution in [-0.2, 0) is 4.57 Å². The largest absolute Gasteiger partial charge is 0.356 e. The predicted molar refractivity (Wildman–Crippen MR) is 93.7 cm³/mol. The summed E-state index contributed by atoms with van der Waals surface area (Å²) in [5, 5.41) is 0.0797. The third-order valence-electron chi connectivity index (χ3n) is 3.90. The average Bonchev–Trinajstić information content (AvgIpc) is 2.55. The highest BCUT2D eigenvalue weighted by molar-refractivity contribution is 7.60. The van der Waals surface area contributed by atoms with Crippen LogP contribution in [0.3, 0.4) is 0 Å². The van der Waals surface area contributed by atoms with Crippen molar-refractivity contribution in [3.8, 4) is 22.3 Å². The first kappa shape index (κ1) is 15.7. The fourth-order valence-electron chi connectivity index (χ4n) is 2.85. The molecular weight excluding hydrogens is 307 g/mol. The van der Waals surface area contributed by atoms with E-state index in [9.17, 15) is 14.4 Å². The number of hydrogen-bond acceptors (Lipinski definition) is 1. The van der Waals surface area contributed by atoms with Crippen LogP contribution in [0.15, 0.2) is 72.8 Å². The summed E-state index contributed by atoms with van der Waals surface area (Å²) in [6.45, 7) is 1.77. The van der Waals surface area contributed by atoms with Gasteiger partial charge in [-0.05, 0) is 40.8 Å². The molecule has 0 aliphatic heterocycles. The van der Waals surface area contributed by atoms with E-state index in [1.165, 1.54) is 6.07 Å². The highest BCUT2D eigenvalue weighted by Gasteiger charge is 2.23. The molecule has 0 saturated carbocycles. The highest BCUT2D eigenvalue weighted by Crippen LogP contribution is 2.41. The van der Waals surface area contributed by atoms with Gasteiger partial charge in [0.2, 0.25) is 0 Å². The van der Waals surface area contributed by atoms with Gasteiger partial charge in [0.05, 0.1) is 5.30 Å². The average molecular weight is 324 g/mol. The van der Waals surface area contributed by atoms with Crippen LogP contribution in [0.4, 0.5) is 0 Å². The Morgan fingerprint density at radius 3 is 1.78 bits per heavy atom. The van der Waals surface area contributed by atoms with Gasteiger partial charge in [-0.3, -0.25) is 4.57 Å². The zero-order valence-corrected chi connectivity index (χ0v) is 13.6. The molecule has 0 aliphatic rings. The van der Waals surface area contributed by atoms with E-state index in [1.807, 2.05) is 60.7 Å². The second-order valence-electron chi connectivity index (χ2n) is 5.41. The maximum absolute atomic E-state index is 11.8. The zero-order valence-electron chi connectivity index (χ0n) is 12.7. The molecule has 116 valence electrons. The van der Waals surface area contributed by atoms with Gasteiger partial charge in [0.1, 0.15) is 0 Å². The van der Waals surface area contributed by atoms with Crippen molar-refractivity contribution < 1.29 is 14.4 Å². The quantitative estimate of drug-likeness (QED) is 0.712. The summed E-state index contributed by atoms with van der Waals surface area (Å²) in [5.41, 5.74) is 4.40. The molecule has 0 heterocycles. The van der Waals surface area contributed by atoms with Crippen LogP contribution in [0.5, 0.6) is 0 Å². The van der Waals surface area contributed by atoms with Crippen molar-refractivity contribution in [2.75, 3.05) is 0 Å². The predicted octanol–water partition coefficient (Wildman–Crippen LogP) is 4.13. The van der Waals surface area contributed by atoms with E-state index in [-0.39, 0.29) is 5.30 Å². The maximum Gasteiger partial charge on any atom is 0.356 e. The Morgan fingerprint density at radius 1 is 0.739 bits per heavy atom. The molecule has 2 N–H and O–H groups in total. The fraction of sp³-hybridized carbons (Fsp3) is 0.0526. The molecule has 0 amide bonds. The Hall–Kier alpha value is -2.19. The van der Waals surface area contributed by atoms with Crippen LogP contribution >= 0.6 is 7.60 Å². The van der Waals surface area contributed by atoms with Gasteiger partial charge >= 0.3 is 7.60 Å². The van der Waals surface area contributed by atoms with Crippen molar-refractivity contribution in [3.63, 3.8) is 0 Å². The van der Waals surface area contributed by atoms with E-state index in [4.69, 9.17) is 0 Å². The summed E-state index contributed by atoms with van der Waals surface area (Å²) < 4.78 is 11.8. The topological polar surface area (TPSA) is 57.5 Å². The van der Waals surface area contributed by atoms with Crippen LogP contribution in [0, 0.1) is 6.92 Å². The molecule has 0 spiro atoms. The molecule has 0 fully saturated rings. The van der Waals surface area contributed by atoms with Crippen LogP contribution in [0.1, 0.15) is 5.56 Å². The van der Waals surface area contributed by atoms with Gasteiger partial charge in [-0.15, -0.1) is 0 Å². The van der Waals surface area contributed by atoms with Gasteiger partial charge in [-0.25, -0.2) is 0 Å². The van der Waals surface area contributed by atoms with Gasteiger partial charge < -0.3 is 9.79 Å². The van der Waals surface area contributed by atoms with E-state index in [1.54, 1.807) is 13.0 Å². The Labute approximate surface area is 135 Å². The van der Waals surface area contributed by atoms with Crippen molar-refractivity contribution in [1.29, 1.82) is 0 Å². The van der Waals surface area contributed by atoms with Gasteiger partial charge in [0.25, 0.3) is 0 Å². The molecule has 0 radical (unpaired) electrons. The van der Waals surface area contributed by atoms with E-state index in [2.05, 4.69) is 0 Å². The minimum Gasteiger partial charge on any atom is -0.321 e. The second kappa shape index (κ2) is 6.13. The molecule has 23 heavy (non-hydrogen) atoms. The molecule has 0 atom stereocenters. The monoisotopic (exact) mass is 324 g/mol. The minimum absolute atomic E-state index is 0.0797. The lowest BCUT2D eigenvalue weighted by Gasteiger charge is -2.17. The first-order valence-corrected chi connectivity index (χ1v) is 8.90. The molecule has 0 aromatic heterocycles. The molecule has 0 aliphatic carbocycles. The van der Waals surface area contributed by atoms with E-state index >= 15 is 0 Å². The molecule has 0 saturated heterocycles. The lowest BCUT2D eigenvalue weighted by molar-refractivity contribution is 0.387. The van der Waals surface area contributed by atoms with Crippen molar-refractivity contribution in [2.45, 2.75) is 6.92 Å². The number of benzene rings is 3. The van der Waals surface area contributed by atoms with Crippen LogP contribution in [0.2, 0.25) is 0 Å². The summed E-state index contributed by atoms with van der Waals surface area (Å²) in [5.74, 6) is 0. The second-order valence-corrected chi connectivity index (χ2v) is 6.98. The summed E-state index contributed by atoms with van der Waals surface area (Å²) in [6.07, 6.45) is 0. The lowest BCUT2D eigenvalue weighted by Crippen LogP contribution is -2.10. The summed E-state index contributed by atoms with van der Waals surface area (Å²) in [4.78, 5) is 19.2. The standard InChI is InChI=1S/C19H17O3P/c1-14-18(23(20,21)22)13-12-17(15-8-4-2-5-9-15)19(14)16-10-6-3-7-11-16/h2-13H,1H3,(H2,20,21,22). The van der Waals surface area contributed by atoms with Crippen molar-refractivity contribution in [3.05, 3.63) is 78.4 Å². The van der Waals surface area contributed by atoms with Gasteiger partial charge in [-0.1, -0.05) is 66.7 Å². The van der Waals surface area contributed by atoms with Crippen molar-refractivity contribution in [2.24, 2.45) is 0 Å². The summed E-state index contributed by atoms with van der Waals surface area (Å²) >= 11 is 0. The number of rotatable bonds is 3. The van der Waals surface area contributed by atoms with Crippen LogP contribution in [0.25, 0.3) is 22.3 Å². The SMILES string of the molecule is Cc1c(P(=O)(O)O)ccc(-c2ccccc2)c1-c1ccccc1. The third kappa shape index (κ3) is 3.13. The Kier molecular flexibility index (Phi) is 4.18. The molecule has 3 nitrogen and oxygen atoms in total. The van der Waals surface area contributed by atoms with Crippen molar-refractivity contribution in [1.82, 2.24) is 0 Å². The third-order valence-corrected chi connectivity index (χ3v) is 5.01. The zero-order chi connectivity index (χ0) is 16.4. The normalized spacial score (nSPS) is 11.4. The van der Waals surface area contributed by atoms with Gasteiger partial charge in [0, 0.05) is 0 Å². The molecule has 4 heteroatoms. The molecule has 3 rings (SSSR count). The Balaban J connectivity index is 2.34. The van der Waals surface area contributed by atoms with Gasteiger partial charge in [-0.2, -0.15) is 0 Å². The summed E-state index contributed by atoms with van der Waals surface area (Å²) in [6, 6.07) is 22.9. The Bertz CT molecular complexity index is 868. The van der Waals surface area contributed by atoms with E-state index in [0.29, 0.717) is 5.56 Å². The van der Waals surface area contributed by atoms with Crippen LogP contribution in [-0.4, -0.2) is 9.79 Å². The minimum atomic E-state index is -4.31. The summed E-state index contributed by atoms with van der Waals surface area (Å²) in [7, 11) is -4.31. The number of hydrogen-bond donors (Lipinski definition) is 2. The van der Waals surface area contributed by atoms with E-state index < -0.39 is 7.60 Å². The Morgan fingerprint density at radius 2 is 1.26 bits per heavy atom. The lowest BCUT2D eigenvalue weighted by atomic mass is 9.91. The molecule has 0 unspecified atom stereocenters. The van der Waals surface area contributed by atoms with Crippen LogP contribution < -0.4 is 5.30 Å². The first-order chi connectivity index (χ1) is 11.0. The van der Waals surface area contributed by atoms with Crippen molar-refractivity contribution >= 4 is 12.9 Å². The van der Waals surface area contributed by atoms with Gasteiger partial charge in [0.15, 0.2) is 0 Å². The fourth-order valence-corrected chi connectivity index (χ4v) is 3.67. The molecular formula is C19H17O3P.